The predicted octanol–water partition coefficient (Wildman–Crippen LogP) is 1.67. The van der Waals surface area contributed by atoms with Crippen LogP contribution in [0.1, 0.15) is 6.42 Å². The fraction of sp³-hybridized carbons (Fsp3) is 0.250. The van der Waals surface area contributed by atoms with Gasteiger partial charge in [-0.2, -0.15) is 5.06 Å². The van der Waals surface area contributed by atoms with Gasteiger partial charge in [0.25, 0.3) is 0 Å². The first-order valence-electron chi connectivity index (χ1n) is 5.44. The van der Waals surface area contributed by atoms with E-state index in [0.29, 0.717) is 17.2 Å². The number of rotatable bonds is 3. The van der Waals surface area contributed by atoms with Crippen LogP contribution < -0.4 is 10.5 Å². The van der Waals surface area contributed by atoms with Crippen molar-refractivity contribution in [1.29, 1.82) is 0 Å². The molecule has 2 atom stereocenters. The quantitative estimate of drug-likeness (QED) is 0.488. The summed E-state index contributed by atoms with van der Waals surface area (Å²) >= 11 is 0. The van der Waals surface area contributed by atoms with Crippen LogP contribution in [0, 0.1) is 5.82 Å². The summed E-state index contributed by atoms with van der Waals surface area (Å²) in [4.78, 5) is 10.8. The highest BCUT2D eigenvalue weighted by atomic mass is 19.1. The third-order valence-electron chi connectivity index (χ3n) is 2.66. The Bertz CT molecular complexity index is 461. The van der Waals surface area contributed by atoms with E-state index < -0.39 is 12.1 Å². The first-order chi connectivity index (χ1) is 8.56. The highest BCUT2D eigenvalue weighted by molar-refractivity contribution is 5.71. The lowest BCUT2D eigenvalue weighted by Crippen LogP contribution is -2.40. The van der Waals surface area contributed by atoms with Crippen LogP contribution in [0.5, 0.6) is 5.75 Å². The SMILES string of the molecule is NC(=O)N(O)[C@@H]1C=C[C@H](Oc2ccc(F)cc2)C1. The number of nitrogens with zero attached hydrogens (tertiary/aromatic N) is 1. The maximum absolute atomic E-state index is 12.7. The molecule has 5 nitrogen and oxygen atoms in total. The van der Waals surface area contributed by atoms with Gasteiger partial charge in [-0.05, 0) is 30.3 Å². The van der Waals surface area contributed by atoms with Crippen LogP contribution in [0.2, 0.25) is 0 Å². The maximum Gasteiger partial charge on any atom is 0.339 e. The maximum atomic E-state index is 12.7. The average molecular weight is 252 g/mol. The van der Waals surface area contributed by atoms with Crippen LogP contribution in [0.4, 0.5) is 9.18 Å². The number of carbonyl (C=O) groups is 1. The normalized spacial score (nSPS) is 21.9. The second-order valence-corrected chi connectivity index (χ2v) is 3.98. The Balaban J connectivity index is 1.92. The number of primary amides is 1. The zero-order valence-electron chi connectivity index (χ0n) is 9.49. The Morgan fingerprint density at radius 1 is 1.39 bits per heavy atom. The van der Waals surface area contributed by atoms with Crippen LogP contribution in [-0.2, 0) is 0 Å². The van der Waals surface area contributed by atoms with Crippen LogP contribution in [0.25, 0.3) is 0 Å². The third kappa shape index (κ3) is 2.78. The number of carbonyl (C=O) groups excluding carboxylic acids is 1. The molecule has 0 unspecified atom stereocenters. The monoisotopic (exact) mass is 252 g/mol. The molecule has 0 spiro atoms. The minimum absolute atomic E-state index is 0.283. The molecule has 0 aliphatic heterocycles. The van der Waals surface area contributed by atoms with Crippen LogP contribution in [-0.4, -0.2) is 28.4 Å². The number of hydrogen-bond acceptors (Lipinski definition) is 3. The van der Waals surface area contributed by atoms with Gasteiger partial charge in [0, 0.05) is 6.42 Å². The summed E-state index contributed by atoms with van der Waals surface area (Å²) in [6, 6.07) is 4.23. The van der Waals surface area contributed by atoms with Gasteiger partial charge in [0.2, 0.25) is 0 Å². The summed E-state index contributed by atoms with van der Waals surface area (Å²) in [6.07, 6.45) is 3.48. The van der Waals surface area contributed by atoms with Crippen LogP contribution in [0.3, 0.4) is 0 Å². The van der Waals surface area contributed by atoms with Crippen LogP contribution >= 0.6 is 0 Å². The molecule has 0 saturated heterocycles. The van der Waals surface area contributed by atoms with Crippen molar-refractivity contribution in [1.82, 2.24) is 5.06 Å². The van der Waals surface area contributed by atoms with E-state index in [1.807, 2.05) is 0 Å². The summed E-state index contributed by atoms with van der Waals surface area (Å²) in [5.74, 6) is 0.188. The highest BCUT2D eigenvalue weighted by Gasteiger charge is 2.26. The zero-order valence-corrected chi connectivity index (χ0v) is 9.49. The average Bonchev–Trinajstić information content (AvgIpc) is 2.79. The van der Waals surface area contributed by atoms with Crippen molar-refractivity contribution < 1.29 is 19.1 Å². The Morgan fingerprint density at radius 2 is 2.06 bits per heavy atom. The second-order valence-electron chi connectivity index (χ2n) is 3.98. The van der Waals surface area contributed by atoms with Gasteiger partial charge in [0.15, 0.2) is 0 Å². The summed E-state index contributed by atoms with van der Waals surface area (Å²) in [5.41, 5.74) is 4.95. The molecule has 1 aliphatic rings. The van der Waals surface area contributed by atoms with E-state index >= 15 is 0 Å². The summed E-state index contributed by atoms with van der Waals surface area (Å²) < 4.78 is 18.2. The second kappa shape index (κ2) is 5.05. The van der Waals surface area contributed by atoms with Gasteiger partial charge in [0.05, 0.1) is 6.04 Å². The highest BCUT2D eigenvalue weighted by Crippen LogP contribution is 2.21. The van der Waals surface area contributed by atoms with Crippen molar-refractivity contribution in [2.24, 2.45) is 5.73 Å². The molecule has 2 rings (SSSR count). The fourth-order valence-corrected chi connectivity index (χ4v) is 1.77. The Kier molecular flexibility index (Phi) is 3.47. The summed E-state index contributed by atoms with van der Waals surface area (Å²) in [5, 5.41) is 9.81. The largest absolute Gasteiger partial charge is 0.486 e. The molecule has 0 saturated carbocycles. The molecule has 6 heteroatoms. The van der Waals surface area contributed by atoms with E-state index in [4.69, 9.17) is 10.5 Å². The first kappa shape index (κ1) is 12.4. The van der Waals surface area contributed by atoms with Crippen molar-refractivity contribution in [2.45, 2.75) is 18.6 Å². The van der Waals surface area contributed by atoms with E-state index in [0.717, 1.165) is 0 Å². The van der Waals surface area contributed by atoms with E-state index in [2.05, 4.69) is 0 Å². The molecule has 18 heavy (non-hydrogen) atoms. The van der Waals surface area contributed by atoms with Crippen molar-refractivity contribution in [3.8, 4) is 5.75 Å². The topological polar surface area (TPSA) is 75.8 Å². The Morgan fingerprint density at radius 3 is 2.67 bits per heavy atom. The number of halogens is 1. The number of hydrogen-bond donors (Lipinski definition) is 2. The van der Waals surface area contributed by atoms with Gasteiger partial charge < -0.3 is 10.5 Å². The Hall–Kier alpha value is -2.08. The minimum Gasteiger partial charge on any atom is -0.486 e. The number of ether oxygens (including phenoxy) is 1. The van der Waals surface area contributed by atoms with E-state index in [-0.39, 0.29) is 11.9 Å². The molecule has 0 bridgehead atoms. The lowest BCUT2D eigenvalue weighted by atomic mass is 10.2. The van der Waals surface area contributed by atoms with Crippen molar-refractivity contribution in [3.63, 3.8) is 0 Å². The summed E-state index contributed by atoms with van der Waals surface area (Å²) in [6.45, 7) is 0. The smallest absolute Gasteiger partial charge is 0.339 e. The van der Waals surface area contributed by atoms with Crippen molar-refractivity contribution in [2.75, 3.05) is 0 Å². The molecule has 0 heterocycles. The number of urea groups is 1. The lowest BCUT2D eigenvalue weighted by molar-refractivity contribution is -0.0645. The van der Waals surface area contributed by atoms with E-state index in [9.17, 15) is 14.4 Å². The summed E-state index contributed by atoms with van der Waals surface area (Å²) in [7, 11) is 0. The molecular weight excluding hydrogens is 239 g/mol. The molecule has 0 radical (unpaired) electrons. The molecule has 2 amide bonds. The van der Waals surface area contributed by atoms with Gasteiger partial charge in [-0.15, -0.1) is 0 Å². The first-order valence-corrected chi connectivity index (χ1v) is 5.44. The predicted molar refractivity (Wildman–Crippen MR) is 61.6 cm³/mol. The zero-order chi connectivity index (χ0) is 13.1. The molecular formula is C12H13FN2O3. The number of benzene rings is 1. The van der Waals surface area contributed by atoms with Crippen molar-refractivity contribution in [3.05, 3.63) is 42.2 Å². The minimum atomic E-state index is -0.910. The molecule has 1 aliphatic carbocycles. The lowest BCUT2D eigenvalue weighted by Gasteiger charge is -2.20. The molecule has 1 aromatic carbocycles. The van der Waals surface area contributed by atoms with Gasteiger partial charge in [-0.25, -0.2) is 9.18 Å². The van der Waals surface area contributed by atoms with Gasteiger partial charge in [-0.3, -0.25) is 5.21 Å². The molecule has 0 aromatic heterocycles. The Labute approximate surface area is 103 Å². The molecule has 0 fully saturated rings. The van der Waals surface area contributed by atoms with Crippen LogP contribution in [0.15, 0.2) is 36.4 Å². The fourth-order valence-electron chi connectivity index (χ4n) is 1.77. The standard InChI is InChI=1S/C12H13FN2O3/c13-8-1-4-10(5-2-8)18-11-6-3-9(7-11)15(17)12(14)16/h1-6,9,11,17H,7H2,(H2,14,16)/t9-,11+/m1/s1. The number of nitrogens with two attached hydrogens (primary N) is 1. The van der Waals surface area contributed by atoms with Gasteiger partial charge >= 0.3 is 6.03 Å². The van der Waals surface area contributed by atoms with Gasteiger partial charge in [-0.1, -0.05) is 6.08 Å². The van der Waals surface area contributed by atoms with E-state index in [1.165, 1.54) is 24.3 Å². The molecule has 3 N–H and O–H groups in total. The molecule has 96 valence electrons. The number of hydroxylamine groups is 2. The van der Waals surface area contributed by atoms with Gasteiger partial charge in [0.1, 0.15) is 17.7 Å². The van der Waals surface area contributed by atoms with Crippen molar-refractivity contribution >= 4 is 6.03 Å². The van der Waals surface area contributed by atoms with E-state index in [1.54, 1.807) is 12.2 Å². The third-order valence-corrected chi connectivity index (χ3v) is 2.66. The molecule has 1 aromatic rings. The number of amides is 2.